The molecule has 19 heavy (non-hydrogen) atoms. The summed E-state index contributed by atoms with van der Waals surface area (Å²) in [5.74, 6) is 1.65. The van der Waals surface area contributed by atoms with Crippen LogP contribution in [0.4, 0.5) is 4.39 Å². The monoisotopic (exact) mass is 283 g/mol. The Hall–Kier alpha value is -0.740. The number of fused-ring (bicyclic) bond motifs is 1. The highest BCUT2D eigenvalue weighted by Crippen LogP contribution is 2.36. The molecule has 1 heterocycles. The standard InChI is InChI=1S/C15H22FNOS/c1-3-17-14-10-12(5-4-8-19-2)18-15-9-11(16)6-7-13(14)15/h6-7,9,12,14,17H,3-5,8,10H2,1-2H3. The van der Waals surface area contributed by atoms with E-state index in [1.807, 2.05) is 17.8 Å². The first-order valence-electron chi connectivity index (χ1n) is 6.93. The first-order valence-corrected chi connectivity index (χ1v) is 8.32. The SMILES string of the molecule is CCNC1CC(CCCSC)Oc2cc(F)ccc21. The third kappa shape index (κ3) is 3.86. The molecule has 1 N–H and O–H groups in total. The highest BCUT2D eigenvalue weighted by Gasteiger charge is 2.27. The van der Waals surface area contributed by atoms with Crippen LogP contribution >= 0.6 is 11.8 Å². The second-order valence-electron chi connectivity index (χ2n) is 4.90. The van der Waals surface area contributed by atoms with Crippen molar-refractivity contribution in [1.82, 2.24) is 5.32 Å². The van der Waals surface area contributed by atoms with Crippen molar-refractivity contribution in [3.63, 3.8) is 0 Å². The molecule has 4 heteroatoms. The normalized spacial score (nSPS) is 21.8. The summed E-state index contributed by atoms with van der Waals surface area (Å²) in [6, 6.07) is 5.16. The lowest BCUT2D eigenvalue weighted by Crippen LogP contribution is -2.33. The number of ether oxygens (including phenoxy) is 1. The molecule has 0 radical (unpaired) electrons. The second kappa shape index (κ2) is 7.15. The van der Waals surface area contributed by atoms with Crippen LogP contribution in [0.5, 0.6) is 5.75 Å². The van der Waals surface area contributed by atoms with Crippen molar-refractivity contribution in [3.8, 4) is 5.75 Å². The quantitative estimate of drug-likeness (QED) is 0.803. The molecule has 0 aliphatic carbocycles. The minimum atomic E-state index is -0.223. The smallest absolute Gasteiger partial charge is 0.127 e. The Morgan fingerprint density at radius 1 is 1.47 bits per heavy atom. The Kier molecular flexibility index (Phi) is 5.52. The molecule has 0 spiro atoms. The van der Waals surface area contributed by atoms with E-state index in [0.717, 1.165) is 37.1 Å². The van der Waals surface area contributed by atoms with Crippen molar-refractivity contribution in [2.75, 3.05) is 18.6 Å². The molecular weight excluding hydrogens is 261 g/mol. The van der Waals surface area contributed by atoms with Crippen LogP contribution in [0.15, 0.2) is 18.2 Å². The van der Waals surface area contributed by atoms with Gasteiger partial charge in [-0.2, -0.15) is 11.8 Å². The third-order valence-corrected chi connectivity index (χ3v) is 4.17. The molecule has 1 aliphatic heterocycles. The average molecular weight is 283 g/mol. The van der Waals surface area contributed by atoms with E-state index in [-0.39, 0.29) is 18.0 Å². The van der Waals surface area contributed by atoms with Gasteiger partial charge in [-0.05, 0) is 37.5 Å². The summed E-state index contributed by atoms with van der Waals surface area (Å²) in [5.41, 5.74) is 1.09. The Balaban J connectivity index is 2.09. The Morgan fingerprint density at radius 2 is 2.32 bits per heavy atom. The molecule has 1 aliphatic rings. The predicted molar refractivity (Wildman–Crippen MR) is 79.5 cm³/mol. The summed E-state index contributed by atoms with van der Waals surface area (Å²) in [5, 5.41) is 3.47. The van der Waals surface area contributed by atoms with Crippen LogP contribution in [0.3, 0.4) is 0 Å². The Labute approximate surface area is 119 Å². The van der Waals surface area contributed by atoms with E-state index in [2.05, 4.69) is 18.5 Å². The Morgan fingerprint density at radius 3 is 3.05 bits per heavy atom. The van der Waals surface area contributed by atoms with E-state index in [9.17, 15) is 4.39 Å². The van der Waals surface area contributed by atoms with E-state index < -0.39 is 0 Å². The van der Waals surface area contributed by atoms with Gasteiger partial charge < -0.3 is 10.1 Å². The van der Waals surface area contributed by atoms with Gasteiger partial charge in [-0.1, -0.05) is 13.0 Å². The Bertz CT molecular complexity index is 413. The van der Waals surface area contributed by atoms with Crippen LogP contribution in [0.1, 0.15) is 37.8 Å². The first-order chi connectivity index (χ1) is 9.24. The van der Waals surface area contributed by atoms with Crippen molar-refractivity contribution < 1.29 is 9.13 Å². The van der Waals surface area contributed by atoms with Gasteiger partial charge in [-0.3, -0.25) is 0 Å². The highest BCUT2D eigenvalue weighted by molar-refractivity contribution is 7.98. The average Bonchev–Trinajstić information content (AvgIpc) is 2.39. The summed E-state index contributed by atoms with van der Waals surface area (Å²) in [6.45, 7) is 3.01. The second-order valence-corrected chi connectivity index (χ2v) is 5.89. The zero-order valence-electron chi connectivity index (χ0n) is 11.6. The summed E-state index contributed by atoms with van der Waals surface area (Å²) in [4.78, 5) is 0. The molecule has 2 atom stereocenters. The van der Waals surface area contributed by atoms with Gasteiger partial charge >= 0.3 is 0 Å². The fourth-order valence-corrected chi connectivity index (χ4v) is 3.04. The fourth-order valence-electron chi connectivity index (χ4n) is 2.59. The maximum Gasteiger partial charge on any atom is 0.127 e. The third-order valence-electron chi connectivity index (χ3n) is 3.47. The molecule has 0 saturated heterocycles. The fraction of sp³-hybridized carbons (Fsp3) is 0.600. The number of nitrogens with one attached hydrogen (secondary N) is 1. The van der Waals surface area contributed by atoms with Gasteiger partial charge in [0.15, 0.2) is 0 Å². The van der Waals surface area contributed by atoms with Gasteiger partial charge in [-0.15, -0.1) is 0 Å². The minimum Gasteiger partial charge on any atom is -0.490 e. The molecule has 0 fully saturated rings. The molecule has 1 aromatic rings. The maximum absolute atomic E-state index is 13.3. The van der Waals surface area contributed by atoms with Gasteiger partial charge in [0.05, 0.1) is 0 Å². The van der Waals surface area contributed by atoms with Gasteiger partial charge in [0.1, 0.15) is 17.7 Å². The summed E-state index contributed by atoms with van der Waals surface area (Å²) < 4.78 is 19.3. The number of thioether (sulfide) groups is 1. The van der Waals surface area contributed by atoms with Gasteiger partial charge in [-0.25, -0.2) is 4.39 Å². The number of halogens is 1. The summed E-state index contributed by atoms with van der Waals surface area (Å²) in [7, 11) is 0. The molecular formula is C15H22FNOS. The summed E-state index contributed by atoms with van der Waals surface area (Å²) >= 11 is 1.86. The largest absolute Gasteiger partial charge is 0.490 e. The predicted octanol–water partition coefficient (Wildman–Crippen LogP) is 3.77. The highest BCUT2D eigenvalue weighted by atomic mass is 32.2. The van der Waals surface area contributed by atoms with Crippen LogP contribution in [0, 0.1) is 5.82 Å². The van der Waals surface area contributed by atoms with Crippen LogP contribution < -0.4 is 10.1 Å². The van der Waals surface area contributed by atoms with Crippen molar-refractivity contribution in [1.29, 1.82) is 0 Å². The minimum absolute atomic E-state index is 0.200. The zero-order valence-corrected chi connectivity index (χ0v) is 12.4. The molecule has 2 unspecified atom stereocenters. The van der Waals surface area contributed by atoms with Gasteiger partial charge in [0.2, 0.25) is 0 Å². The van der Waals surface area contributed by atoms with Crippen LogP contribution in [0.25, 0.3) is 0 Å². The molecule has 1 aromatic carbocycles. The topological polar surface area (TPSA) is 21.3 Å². The molecule has 106 valence electrons. The number of hydrogen-bond acceptors (Lipinski definition) is 3. The van der Waals surface area contributed by atoms with Crippen LogP contribution in [-0.4, -0.2) is 24.7 Å². The first kappa shape index (κ1) is 14.7. The molecule has 0 saturated carbocycles. The van der Waals surface area contributed by atoms with Crippen LogP contribution in [-0.2, 0) is 0 Å². The van der Waals surface area contributed by atoms with Crippen molar-refractivity contribution >= 4 is 11.8 Å². The lowest BCUT2D eigenvalue weighted by atomic mass is 9.94. The number of benzene rings is 1. The van der Waals surface area contributed by atoms with Crippen LogP contribution in [0.2, 0.25) is 0 Å². The van der Waals surface area contributed by atoms with Crippen molar-refractivity contribution in [2.45, 2.75) is 38.3 Å². The molecule has 0 aromatic heterocycles. The maximum atomic E-state index is 13.3. The molecule has 2 nitrogen and oxygen atoms in total. The zero-order chi connectivity index (χ0) is 13.7. The van der Waals surface area contributed by atoms with Gasteiger partial charge in [0.25, 0.3) is 0 Å². The number of hydrogen-bond donors (Lipinski definition) is 1. The summed E-state index contributed by atoms with van der Waals surface area (Å²) in [6.07, 6.45) is 5.48. The molecule has 0 amide bonds. The van der Waals surface area contributed by atoms with Crippen molar-refractivity contribution in [3.05, 3.63) is 29.6 Å². The van der Waals surface area contributed by atoms with E-state index in [1.165, 1.54) is 12.1 Å². The van der Waals surface area contributed by atoms with E-state index in [1.54, 1.807) is 0 Å². The lowest BCUT2D eigenvalue weighted by molar-refractivity contribution is 0.140. The van der Waals surface area contributed by atoms with E-state index in [4.69, 9.17) is 4.74 Å². The van der Waals surface area contributed by atoms with Gasteiger partial charge in [0, 0.05) is 24.1 Å². The number of rotatable bonds is 6. The lowest BCUT2D eigenvalue weighted by Gasteiger charge is -2.32. The van der Waals surface area contributed by atoms with Crippen molar-refractivity contribution in [2.24, 2.45) is 0 Å². The van der Waals surface area contributed by atoms with E-state index >= 15 is 0 Å². The molecule has 0 bridgehead atoms. The van der Waals surface area contributed by atoms with E-state index in [0.29, 0.717) is 5.75 Å². The molecule has 2 rings (SSSR count).